The number of carboxylic acids is 1. The van der Waals surface area contributed by atoms with Crippen molar-refractivity contribution in [1.29, 1.82) is 0 Å². The second-order valence-corrected chi connectivity index (χ2v) is 5.36. The van der Waals surface area contributed by atoms with Gasteiger partial charge in [-0.3, -0.25) is 14.9 Å². The first-order valence-corrected chi connectivity index (χ1v) is 6.31. The zero-order valence-corrected chi connectivity index (χ0v) is 11.4. The highest BCUT2D eigenvalue weighted by Crippen LogP contribution is 2.36. The van der Waals surface area contributed by atoms with Crippen LogP contribution >= 0.6 is 0 Å². The molecule has 1 heterocycles. The summed E-state index contributed by atoms with van der Waals surface area (Å²) in [6.45, 7) is 2.36. The van der Waals surface area contributed by atoms with Gasteiger partial charge in [0.15, 0.2) is 0 Å². The van der Waals surface area contributed by atoms with Crippen LogP contribution in [0.15, 0.2) is 18.2 Å². The molecular formula is C13H15N3O5. The summed E-state index contributed by atoms with van der Waals surface area (Å²) in [5, 5.41) is 20.1. The Labute approximate surface area is 120 Å². The number of hydrogen-bond acceptors (Lipinski definition) is 5. The molecular weight excluding hydrogens is 278 g/mol. The van der Waals surface area contributed by atoms with Crippen LogP contribution in [0.4, 0.5) is 11.4 Å². The molecule has 1 atom stereocenters. The Balaban J connectivity index is 2.43. The first-order chi connectivity index (χ1) is 9.74. The van der Waals surface area contributed by atoms with Gasteiger partial charge in [-0.1, -0.05) is 0 Å². The smallest absolute Gasteiger partial charge is 0.337 e. The summed E-state index contributed by atoms with van der Waals surface area (Å²) in [6.07, 6.45) is 0.476. The summed E-state index contributed by atoms with van der Waals surface area (Å²) in [5.74, 6) is -1.64. The summed E-state index contributed by atoms with van der Waals surface area (Å²) in [6, 6.07) is 3.57. The van der Waals surface area contributed by atoms with Crippen LogP contribution in [-0.2, 0) is 4.79 Å². The number of non-ortho nitro benzene ring substituents is 1. The zero-order valence-electron chi connectivity index (χ0n) is 11.4. The van der Waals surface area contributed by atoms with E-state index in [1.165, 1.54) is 12.1 Å². The second kappa shape index (κ2) is 5.04. The lowest BCUT2D eigenvalue weighted by molar-refractivity contribution is -0.384. The van der Waals surface area contributed by atoms with Gasteiger partial charge in [-0.05, 0) is 19.4 Å². The summed E-state index contributed by atoms with van der Waals surface area (Å²) >= 11 is 0. The molecule has 2 rings (SSSR count). The average Bonchev–Trinajstić information content (AvgIpc) is 2.82. The summed E-state index contributed by atoms with van der Waals surface area (Å²) < 4.78 is 0. The average molecular weight is 293 g/mol. The fraction of sp³-hybridized carbons (Fsp3) is 0.385. The Kier molecular flexibility index (Phi) is 3.54. The third kappa shape index (κ3) is 2.64. The lowest BCUT2D eigenvalue weighted by Gasteiger charge is -2.23. The molecule has 0 spiro atoms. The second-order valence-electron chi connectivity index (χ2n) is 5.36. The molecule has 1 saturated heterocycles. The van der Waals surface area contributed by atoms with E-state index in [1.54, 1.807) is 11.8 Å². The number of hydrogen-bond donors (Lipinski definition) is 2. The number of nitro groups is 1. The minimum atomic E-state index is -1.17. The molecule has 1 aliphatic rings. The number of nitro benzene ring substituents is 1. The molecule has 1 unspecified atom stereocenters. The number of rotatable bonds is 4. The third-order valence-electron chi connectivity index (χ3n) is 3.83. The zero-order chi connectivity index (χ0) is 15.8. The van der Waals surface area contributed by atoms with Crippen molar-refractivity contribution in [3.8, 4) is 0 Å². The highest BCUT2D eigenvalue weighted by molar-refractivity contribution is 5.95. The van der Waals surface area contributed by atoms with Crippen LogP contribution in [-0.4, -0.2) is 35.0 Å². The van der Waals surface area contributed by atoms with E-state index in [4.69, 9.17) is 5.73 Å². The van der Waals surface area contributed by atoms with E-state index in [0.717, 1.165) is 6.07 Å². The fourth-order valence-electron chi connectivity index (χ4n) is 2.44. The minimum absolute atomic E-state index is 0.0330. The number of benzene rings is 1. The molecule has 8 heteroatoms. The molecule has 0 aromatic heterocycles. The molecule has 21 heavy (non-hydrogen) atoms. The Hall–Kier alpha value is -2.64. The van der Waals surface area contributed by atoms with Gasteiger partial charge in [-0.15, -0.1) is 0 Å². The van der Waals surface area contributed by atoms with E-state index >= 15 is 0 Å². The number of aromatic carboxylic acids is 1. The summed E-state index contributed by atoms with van der Waals surface area (Å²) in [5.41, 5.74) is 4.61. The number of amides is 1. The Morgan fingerprint density at radius 3 is 2.62 bits per heavy atom. The number of carbonyl (C=O) groups is 2. The van der Waals surface area contributed by atoms with Crippen LogP contribution < -0.4 is 10.6 Å². The molecule has 0 aliphatic carbocycles. The van der Waals surface area contributed by atoms with Crippen molar-refractivity contribution in [3.63, 3.8) is 0 Å². The van der Waals surface area contributed by atoms with E-state index in [9.17, 15) is 24.8 Å². The maximum Gasteiger partial charge on any atom is 0.337 e. The molecule has 0 radical (unpaired) electrons. The molecule has 0 bridgehead atoms. The molecule has 1 aromatic rings. The highest BCUT2D eigenvalue weighted by Gasteiger charge is 2.40. The van der Waals surface area contributed by atoms with E-state index in [-0.39, 0.29) is 23.5 Å². The van der Waals surface area contributed by atoms with Crippen LogP contribution in [0.5, 0.6) is 0 Å². The Morgan fingerprint density at radius 1 is 1.48 bits per heavy atom. The van der Waals surface area contributed by atoms with Gasteiger partial charge in [0.1, 0.15) is 0 Å². The normalized spacial score (nSPS) is 21.3. The molecule has 8 nitrogen and oxygen atoms in total. The van der Waals surface area contributed by atoms with Crippen LogP contribution in [0.2, 0.25) is 0 Å². The number of carboxylic acid groups (broad SMARTS) is 1. The molecule has 0 saturated carbocycles. The molecule has 1 aromatic carbocycles. The quantitative estimate of drug-likeness (QED) is 0.629. The molecule has 1 amide bonds. The standard InChI is InChI=1S/C13H15N3O5/c1-13(12(14)19)4-5-15(7-13)10-6-8(16(20)21)2-3-9(10)11(17)18/h2-3,6H,4-5,7H2,1H3,(H2,14,19)(H,17,18). The highest BCUT2D eigenvalue weighted by atomic mass is 16.6. The van der Waals surface area contributed by atoms with E-state index in [2.05, 4.69) is 0 Å². The number of carbonyl (C=O) groups excluding carboxylic acids is 1. The minimum Gasteiger partial charge on any atom is -0.478 e. The van der Waals surface area contributed by atoms with Gasteiger partial charge >= 0.3 is 5.97 Å². The van der Waals surface area contributed by atoms with Crippen LogP contribution in [0.1, 0.15) is 23.7 Å². The molecule has 3 N–H and O–H groups in total. The molecule has 112 valence electrons. The fourth-order valence-corrected chi connectivity index (χ4v) is 2.44. The van der Waals surface area contributed by atoms with Crippen LogP contribution in [0.3, 0.4) is 0 Å². The van der Waals surface area contributed by atoms with E-state index in [1.807, 2.05) is 0 Å². The summed E-state index contributed by atoms with van der Waals surface area (Å²) in [4.78, 5) is 34.7. The van der Waals surface area contributed by atoms with Crippen molar-refractivity contribution < 1.29 is 19.6 Å². The monoisotopic (exact) mass is 293 g/mol. The molecule has 1 fully saturated rings. The maximum atomic E-state index is 11.5. The number of primary amides is 1. The summed E-state index contributed by atoms with van der Waals surface area (Å²) in [7, 11) is 0. The van der Waals surface area contributed by atoms with Gasteiger partial charge in [-0.2, -0.15) is 0 Å². The Bertz CT molecular complexity index is 630. The van der Waals surface area contributed by atoms with Gasteiger partial charge < -0.3 is 15.7 Å². The predicted octanol–water partition coefficient (Wildman–Crippen LogP) is 0.995. The van der Waals surface area contributed by atoms with Crippen molar-refractivity contribution in [3.05, 3.63) is 33.9 Å². The number of anilines is 1. The van der Waals surface area contributed by atoms with Crippen molar-refractivity contribution in [2.45, 2.75) is 13.3 Å². The maximum absolute atomic E-state index is 11.5. The SMILES string of the molecule is CC1(C(N)=O)CCN(c2cc([N+](=O)[O-])ccc2C(=O)O)C1. The first-order valence-electron chi connectivity index (χ1n) is 6.31. The van der Waals surface area contributed by atoms with Crippen LogP contribution in [0, 0.1) is 15.5 Å². The van der Waals surface area contributed by atoms with Gasteiger partial charge in [0.05, 0.1) is 21.6 Å². The number of nitrogens with zero attached hydrogens (tertiary/aromatic N) is 2. The Morgan fingerprint density at radius 2 is 2.14 bits per heavy atom. The number of nitrogens with two attached hydrogens (primary N) is 1. The van der Waals surface area contributed by atoms with Gasteiger partial charge in [-0.25, -0.2) is 4.79 Å². The van der Waals surface area contributed by atoms with Crippen molar-refractivity contribution >= 4 is 23.3 Å². The van der Waals surface area contributed by atoms with Gasteiger partial charge in [0, 0.05) is 25.2 Å². The predicted molar refractivity (Wildman–Crippen MR) is 74.2 cm³/mol. The first kappa shape index (κ1) is 14.8. The topological polar surface area (TPSA) is 127 Å². The van der Waals surface area contributed by atoms with Crippen molar-refractivity contribution in [1.82, 2.24) is 0 Å². The van der Waals surface area contributed by atoms with Gasteiger partial charge in [0.25, 0.3) is 5.69 Å². The van der Waals surface area contributed by atoms with E-state index < -0.39 is 22.2 Å². The van der Waals surface area contributed by atoms with E-state index in [0.29, 0.717) is 13.0 Å². The van der Waals surface area contributed by atoms with Gasteiger partial charge in [0.2, 0.25) is 5.91 Å². The van der Waals surface area contributed by atoms with Crippen molar-refractivity contribution in [2.24, 2.45) is 11.1 Å². The van der Waals surface area contributed by atoms with Crippen LogP contribution in [0.25, 0.3) is 0 Å². The lowest BCUT2D eigenvalue weighted by atomic mass is 9.89. The lowest BCUT2D eigenvalue weighted by Crippen LogP contribution is -2.37. The largest absolute Gasteiger partial charge is 0.478 e. The molecule has 1 aliphatic heterocycles. The third-order valence-corrected chi connectivity index (χ3v) is 3.83. The van der Waals surface area contributed by atoms with Crippen molar-refractivity contribution in [2.75, 3.05) is 18.0 Å².